The van der Waals surface area contributed by atoms with Crippen LogP contribution in [0.25, 0.3) is 5.65 Å². The van der Waals surface area contributed by atoms with E-state index in [9.17, 15) is 14.0 Å². The lowest BCUT2D eigenvalue weighted by Crippen LogP contribution is -2.28. The molecule has 3 N–H and O–H groups in total. The van der Waals surface area contributed by atoms with Crippen LogP contribution in [0, 0.1) is 11.7 Å². The van der Waals surface area contributed by atoms with Crippen molar-refractivity contribution in [2.75, 3.05) is 16.0 Å². The Bertz CT molecular complexity index is 1490. The summed E-state index contributed by atoms with van der Waals surface area (Å²) < 4.78 is 15.6. The number of ketones is 1. The monoisotopic (exact) mass is 527 g/mol. The molecule has 200 valence electrons. The number of imidazole rings is 1. The van der Waals surface area contributed by atoms with E-state index in [1.165, 1.54) is 23.0 Å². The number of hydrogen-bond donors (Lipinski definition) is 3. The SMILES string of the molecule is O=C(CC1CCC(Nc2cc(NC3CC3)c3ncc(C(=O)Nc4ccncc4F)n3n2)CC1)c1ccccc1. The van der Waals surface area contributed by atoms with Crippen molar-refractivity contribution in [2.24, 2.45) is 5.92 Å². The molecule has 1 amide bonds. The van der Waals surface area contributed by atoms with E-state index < -0.39 is 11.7 Å². The van der Waals surface area contributed by atoms with Gasteiger partial charge in [0.2, 0.25) is 0 Å². The largest absolute Gasteiger partial charge is 0.379 e. The Kier molecular flexibility index (Phi) is 6.91. The first-order valence-electron chi connectivity index (χ1n) is 13.4. The van der Waals surface area contributed by atoms with E-state index in [0.717, 1.165) is 56.0 Å². The molecule has 0 radical (unpaired) electrons. The fourth-order valence-corrected chi connectivity index (χ4v) is 5.13. The number of benzene rings is 1. The molecule has 2 aliphatic rings. The highest BCUT2D eigenvalue weighted by Crippen LogP contribution is 2.32. The molecule has 0 atom stereocenters. The molecule has 3 heterocycles. The third-order valence-corrected chi connectivity index (χ3v) is 7.43. The van der Waals surface area contributed by atoms with Gasteiger partial charge < -0.3 is 16.0 Å². The molecule has 9 nitrogen and oxygen atoms in total. The van der Waals surface area contributed by atoms with Crippen molar-refractivity contribution in [2.45, 2.75) is 57.0 Å². The summed E-state index contributed by atoms with van der Waals surface area (Å²) in [7, 11) is 0. The van der Waals surface area contributed by atoms with Gasteiger partial charge in [0.05, 0.1) is 23.8 Å². The molecule has 2 saturated carbocycles. The summed E-state index contributed by atoms with van der Waals surface area (Å²) in [6.45, 7) is 0. The lowest BCUT2D eigenvalue weighted by Gasteiger charge is -2.29. The van der Waals surface area contributed by atoms with E-state index in [1.54, 1.807) is 0 Å². The molecular formula is C29H30FN7O2. The number of nitrogens with one attached hydrogen (secondary N) is 3. The molecule has 0 bridgehead atoms. The smallest absolute Gasteiger partial charge is 0.276 e. The van der Waals surface area contributed by atoms with Crippen LogP contribution in [0.15, 0.2) is 61.1 Å². The highest BCUT2D eigenvalue weighted by molar-refractivity contribution is 6.03. The number of rotatable bonds is 9. The van der Waals surface area contributed by atoms with Crippen LogP contribution in [0.3, 0.4) is 0 Å². The van der Waals surface area contributed by atoms with Crippen LogP contribution in [0.1, 0.15) is 65.8 Å². The Morgan fingerprint density at radius 3 is 2.41 bits per heavy atom. The van der Waals surface area contributed by atoms with Crippen LogP contribution in [-0.4, -0.2) is 43.4 Å². The second-order valence-corrected chi connectivity index (χ2v) is 10.4. The third-order valence-electron chi connectivity index (χ3n) is 7.43. The zero-order valence-corrected chi connectivity index (χ0v) is 21.4. The average Bonchev–Trinajstić information content (AvgIpc) is 3.66. The van der Waals surface area contributed by atoms with E-state index >= 15 is 0 Å². The summed E-state index contributed by atoms with van der Waals surface area (Å²) in [4.78, 5) is 33.9. The van der Waals surface area contributed by atoms with Gasteiger partial charge in [-0.2, -0.15) is 0 Å². The molecule has 4 aromatic rings. The quantitative estimate of drug-likeness (QED) is 0.252. The van der Waals surface area contributed by atoms with Crippen LogP contribution in [0.4, 0.5) is 21.6 Å². The minimum Gasteiger partial charge on any atom is -0.379 e. The number of amides is 1. The first-order valence-corrected chi connectivity index (χ1v) is 13.4. The van der Waals surface area contributed by atoms with Gasteiger partial charge in [-0.3, -0.25) is 14.6 Å². The zero-order valence-electron chi connectivity index (χ0n) is 21.4. The molecule has 6 rings (SSSR count). The molecule has 1 aromatic carbocycles. The van der Waals surface area contributed by atoms with Gasteiger partial charge in [-0.05, 0) is 50.5 Å². The minimum atomic E-state index is -0.618. The molecule has 0 aliphatic heterocycles. The molecule has 10 heteroatoms. The minimum absolute atomic E-state index is 0.0399. The molecular weight excluding hydrogens is 497 g/mol. The first-order chi connectivity index (χ1) is 19.0. The highest BCUT2D eigenvalue weighted by atomic mass is 19.1. The van der Waals surface area contributed by atoms with Crippen molar-refractivity contribution < 1.29 is 14.0 Å². The van der Waals surface area contributed by atoms with Gasteiger partial charge in [0.1, 0.15) is 5.82 Å². The Morgan fingerprint density at radius 1 is 0.923 bits per heavy atom. The van der Waals surface area contributed by atoms with Crippen LogP contribution < -0.4 is 16.0 Å². The van der Waals surface area contributed by atoms with E-state index in [4.69, 9.17) is 5.10 Å². The normalized spacial score (nSPS) is 19.0. The van der Waals surface area contributed by atoms with Crippen molar-refractivity contribution in [3.8, 4) is 0 Å². The number of aromatic nitrogens is 4. The standard InChI is InChI=1S/C29H30FN7O2/c30-22-16-31-13-12-23(22)35-29(39)25-17-32-28-24(33-20-10-11-20)15-27(36-37(25)28)34-21-8-6-18(7-9-21)14-26(38)19-4-2-1-3-5-19/h1-5,12-13,15-18,20-21,33H,6-11,14H2,(H,34,36)(H,31,35,39). The fraction of sp³-hybridized carbons (Fsp3) is 0.345. The maximum Gasteiger partial charge on any atom is 0.276 e. The van der Waals surface area contributed by atoms with Crippen molar-refractivity contribution in [1.82, 2.24) is 19.6 Å². The Labute approximate surface area is 225 Å². The van der Waals surface area contributed by atoms with Crippen molar-refractivity contribution in [3.05, 3.63) is 78.1 Å². The number of hydrogen-bond acceptors (Lipinski definition) is 7. The number of carbonyl (C=O) groups is 2. The third kappa shape index (κ3) is 5.74. The van der Waals surface area contributed by atoms with Gasteiger partial charge in [-0.1, -0.05) is 30.3 Å². The predicted molar refractivity (Wildman–Crippen MR) is 147 cm³/mol. The number of carbonyl (C=O) groups excluding carboxylic acids is 2. The Morgan fingerprint density at radius 2 is 1.67 bits per heavy atom. The van der Waals surface area contributed by atoms with Crippen molar-refractivity contribution >= 4 is 34.5 Å². The lowest BCUT2D eigenvalue weighted by molar-refractivity contribution is 0.0948. The molecule has 0 spiro atoms. The number of Topliss-reactive ketones (excluding diaryl/α,β-unsaturated/α-hetero) is 1. The maximum absolute atomic E-state index is 14.1. The topological polar surface area (TPSA) is 113 Å². The summed E-state index contributed by atoms with van der Waals surface area (Å²) in [5.74, 6) is 0.0743. The molecule has 0 unspecified atom stereocenters. The molecule has 0 saturated heterocycles. The van der Waals surface area contributed by atoms with E-state index in [2.05, 4.69) is 25.9 Å². The Balaban J connectivity index is 1.16. The summed E-state index contributed by atoms with van der Waals surface area (Å²) in [5, 5.41) is 14.3. The van der Waals surface area contributed by atoms with Crippen LogP contribution in [-0.2, 0) is 0 Å². The van der Waals surface area contributed by atoms with Crippen LogP contribution >= 0.6 is 0 Å². The van der Waals surface area contributed by atoms with Crippen LogP contribution in [0.5, 0.6) is 0 Å². The van der Waals surface area contributed by atoms with Gasteiger partial charge in [0, 0.05) is 36.3 Å². The summed E-state index contributed by atoms with van der Waals surface area (Å²) in [6.07, 6.45) is 10.4. The van der Waals surface area contributed by atoms with Gasteiger partial charge in [0.25, 0.3) is 5.91 Å². The number of pyridine rings is 1. The van der Waals surface area contributed by atoms with Crippen molar-refractivity contribution in [3.63, 3.8) is 0 Å². The lowest BCUT2D eigenvalue weighted by atomic mass is 9.82. The Hall–Kier alpha value is -4.34. The van der Waals surface area contributed by atoms with E-state index in [0.29, 0.717) is 29.8 Å². The number of nitrogens with zero attached hydrogens (tertiary/aromatic N) is 4. The van der Waals surface area contributed by atoms with Gasteiger partial charge in [-0.25, -0.2) is 13.9 Å². The van der Waals surface area contributed by atoms with Crippen LogP contribution in [0.2, 0.25) is 0 Å². The second-order valence-electron chi connectivity index (χ2n) is 10.4. The number of halogens is 1. The summed E-state index contributed by atoms with van der Waals surface area (Å²) >= 11 is 0. The fourth-order valence-electron chi connectivity index (χ4n) is 5.13. The molecule has 2 aliphatic carbocycles. The maximum atomic E-state index is 14.1. The van der Waals surface area contributed by atoms with Gasteiger partial charge >= 0.3 is 0 Å². The summed E-state index contributed by atoms with van der Waals surface area (Å²) in [5.41, 5.74) is 2.35. The first kappa shape index (κ1) is 25.0. The molecule has 39 heavy (non-hydrogen) atoms. The van der Waals surface area contributed by atoms with E-state index in [1.807, 2.05) is 36.4 Å². The zero-order chi connectivity index (χ0) is 26.8. The summed E-state index contributed by atoms with van der Waals surface area (Å²) in [6, 6.07) is 13.4. The number of anilines is 3. The highest BCUT2D eigenvalue weighted by Gasteiger charge is 2.27. The average molecular weight is 528 g/mol. The van der Waals surface area contributed by atoms with Gasteiger partial charge in [-0.15, -0.1) is 5.10 Å². The molecule has 2 fully saturated rings. The number of fused-ring (bicyclic) bond motifs is 1. The van der Waals surface area contributed by atoms with Gasteiger partial charge in [0.15, 0.2) is 22.9 Å². The molecule has 3 aromatic heterocycles. The van der Waals surface area contributed by atoms with Crippen molar-refractivity contribution in [1.29, 1.82) is 0 Å². The van der Waals surface area contributed by atoms with E-state index in [-0.39, 0.29) is 23.2 Å². The predicted octanol–water partition coefficient (Wildman–Crippen LogP) is 5.33. The second kappa shape index (κ2) is 10.8.